The van der Waals surface area contributed by atoms with Crippen LogP contribution >= 0.6 is 11.6 Å². The van der Waals surface area contributed by atoms with Crippen LogP contribution in [0, 0.1) is 5.92 Å². The smallest absolute Gasteiger partial charge is 0.0406 e. The van der Waals surface area contributed by atoms with Crippen molar-refractivity contribution in [1.29, 1.82) is 0 Å². The van der Waals surface area contributed by atoms with Crippen LogP contribution in [-0.4, -0.2) is 0 Å². The van der Waals surface area contributed by atoms with Crippen LogP contribution in [0.4, 0.5) is 0 Å². The summed E-state index contributed by atoms with van der Waals surface area (Å²) in [5.41, 5.74) is 2.66. The molecule has 0 atom stereocenters. The van der Waals surface area contributed by atoms with Gasteiger partial charge in [-0.25, -0.2) is 0 Å². The third-order valence-electron chi connectivity index (χ3n) is 2.41. The molecule has 1 aromatic carbocycles. The molecule has 13 heavy (non-hydrogen) atoms. The molecule has 0 amide bonds. The van der Waals surface area contributed by atoms with Crippen molar-refractivity contribution >= 4 is 17.2 Å². The topological polar surface area (TPSA) is 0 Å². The average Bonchev–Trinajstić information content (AvgIpc) is 2.89. The third kappa shape index (κ3) is 2.35. The number of halogens is 1. The van der Waals surface area contributed by atoms with E-state index in [1.54, 1.807) is 0 Å². The Hall–Kier alpha value is -0.750. The van der Waals surface area contributed by atoms with Gasteiger partial charge >= 0.3 is 0 Å². The van der Waals surface area contributed by atoms with Crippen molar-refractivity contribution in [1.82, 2.24) is 0 Å². The van der Waals surface area contributed by atoms with E-state index in [1.807, 2.05) is 12.1 Å². The Morgan fingerprint density at radius 1 is 1.31 bits per heavy atom. The summed E-state index contributed by atoms with van der Waals surface area (Å²) in [5.74, 6) is 0.843. The van der Waals surface area contributed by atoms with E-state index >= 15 is 0 Å². The molecule has 0 aliphatic heterocycles. The summed E-state index contributed by atoms with van der Waals surface area (Å²) in [6.07, 6.45) is 5.10. The van der Waals surface area contributed by atoms with Gasteiger partial charge in [-0.15, -0.1) is 0 Å². The third-order valence-corrected chi connectivity index (χ3v) is 2.66. The quantitative estimate of drug-likeness (QED) is 0.661. The molecule has 2 rings (SSSR count). The summed E-state index contributed by atoms with van der Waals surface area (Å²) < 4.78 is 0. The van der Waals surface area contributed by atoms with Gasteiger partial charge in [0.15, 0.2) is 0 Å². The first-order chi connectivity index (χ1) is 6.25. The van der Waals surface area contributed by atoms with E-state index in [1.165, 1.54) is 24.0 Å². The van der Waals surface area contributed by atoms with E-state index in [2.05, 4.69) is 25.1 Å². The van der Waals surface area contributed by atoms with Crippen molar-refractivity contribution in [2.24, 2.45) is 5.92 Å². The van der Waals surface area contributed by atoms with E-state index in [0.717, 1.165) is 10.9 Å². The molecule has 1 aliphatic carbocycles. The molecule has 0 unspecified atom stereocenters. The highest BCUT2D eigenvalue weighted by Crippen LogP contribution is 2.33. The van der Waals surface area contributed by atoms with Gasteiger partial charge in [0, 0.05) is 5.02 Å². The largest absolute Gasteiger partial charge is 0.0843 e. The normalized spacial score (nSPS) is 17.5. The summed E-state index contributed by atoms with van der Waals surface area (Å²) in [4.78, 5) is 0. The lowest BCUT2D eigenvalue weighted by molar-refractivity contribution is 1.12. The van der Waals surface area contributed by atoms with Gasteiger partial charge in [-0.3, -0.25) is 0 Å². The first-order valence-corrected chi connectivity index (χ1v) is 5.08. The van der Waals surface area contributed by atoms with Crippen LogP contribution in [0.3, 0.4) is 0 Å². The van der Waals surface area contributed by atoms with Gasteiger partial charge in [-0.05, 0) is 49.0 Å². The zero-order valence-corrected chi connectivity index (χ0v) is 8.51. The molecule has 1 aliphatic rings. The molecule has 0 saturated heterocycles. The van der Waals surface area contributed by atoms with E-state index in [9.17, 15) is 0 Å². The first-order valence-electron chi connectivity index (χ1n) is 4.70. The molecule has 0 radical (unpaired) electrons. The van der Waals surface area contributed by atoms with Gasteiger partial charge in [0.1, 0.15) is 0 Å². The average molecular weight is 193 g/mol. The number of allylic oxidation sites excluding steroid dienone is 2. The predicted molar refractivity (Wildman–Crippen MR) is 57.8 cm³/mol. The Bertz CT molecular complexity index is 317. The lowest BCUT2D eigenvalue weighted by Crippen LogP contribution is -1.79. The molecule has 0 heterocycles. The summed E-state index contributed by atoms with van der Waals surface area (Å²) >= 11 is 5.81. The highest BCUT2D eigenvalue weighted by Gasteiger charge is 2.18. The summed E-state index contributed by atoms with van der Waals surface area (Å²) in [6, 6.07) is 8.05. The van der Waals surface area contributed by atoms with Gasteiger partial charge in [-0.1, -0.05) is 29.8 Å². The Labute approximate surface area is 84.2 Å². The molecule has 1 aromatic rings. The van der Waals surface area contributed by atoms with Gasteiger partial charge in [0.25, 0.3) is 0 Å². The fourth-order valence-electron chi connectivity index (χ4n) is 1.43. The fourth-order valence-corrected chi connectivity index (χ4v) is 1.55. The first kappa shape index (κ1) is 8.83. The maximum Gasteiger partial charge on any atom is 0.0406 e. The highest BCUT2D eigenvalue weighted by atomic mass is 35.5. The van der Waals surface area contributed by atoms with Crippen molar-refractivity contribution < 1.29 is 0 Å². The monoisotopic (exact) mass is 192 g/mol. The second-order valence-electron chi connectivity index (χ2n) is 3.69. The van der Waals surface area contributed by atoms with Crippen LogP contribution in [0.1, 0.15) is 25.3 Å². The van der Waals surface area contributed by atoms with Gasteiger partial charge in [0.2, 0.25) is 0 Å². The molecular weight excluding hydrogens is 180 g/mol. The van der Waals surface area contributed by atoms with E-state index < -0.39 is 0 Å². The van der Waals surface area contributed by atoms with Crippen LogP contribution in [0.25, 0.3) is 5.57 Å². The lowest BCUT2D eigenvalue weighted by Gasteiger charge is -2.00. The molecule has 0 N–H and O–H groups in total. The molecule has 0 aromatic heterocycles. The lowest BCUT2D eigenvalue weighted by atomic mass is 10.1. The second-order valence-corrected chi connectivity index (χ2v) is 4.13. The highest BCUT2D eigenvalue weighted by molar-refractivity contribution is 6.30. The van der Waals surface area contributed by atoms with Crippen molar-refractivity contribution in [3.63, 3.8) is 0 Å². The molecule has 1 saturated carbocycles. The van der Waals surface area contributed by atoms with Gasteiger partial charge in [-0.2, -0.15) is 0 Å². The fraction of sp³-hybridized carbons (Fsp3) is 0.333. The molecular formula is C12H13Cl. The van der Waals surface area contributed by atoms with Crippen LogP contribution in [0.15, 0.2) is 30.3 Å². The zero-order chi connectivity index (χ0) is 9.26. The maximum absolute atomic E-state index is 5.81. The van der Waals surface area contributed by atoms with Crippen molar-refractivity contribution in [2.45, 2.75) is 19.8 Å². The molecule has 0 bridgehead atoms. The van der Waals surface area contributed by atoms with Gasteiger partial charge in [0.05, 0.1) is 0 Å². The Morgan fingerprint density at radius 3 is 2.46 bits per heavy atom. The van der Waals surface area contributed by atoms with Crippen LogP contribution in [-0.2, 0) is 0 Å². The van der Waals surface area contributed by atoms with Crippen molar-refractivity contribution in [3.05, 3.63) is 40.9 Å². The summed E-state index contributed by atoms with van der Waals surface area (Å²) in [5, 5.41) is 0.808. The van der Waals surface area contributed by atoms with Gasteiger partial charge < -0.3 is 0 Å². The summed E-state index contributed by atoms with van der Waals surface area (Å²) in [6.45, 7) is 2.17. The standard InChI is InChI=1S/C12H13Cl/c1-9(8-10-2-3-10)11-4-6-12(13)7-5-11/h4-8,10H,2-3H2,1H3/b9-8+. The molecule has 1 heteroatoms. The minimum Gasteiger partial charge on any atom is -0.0843 e. The summed E-state index contributed by atoms with van der Waals surface area (Å²) in [7, 11) is 0. The maximum atomic E-state index is 5.81. The SMILES string of the molecule is C/C(=C\C1CC1)c1ccc(Cl)cc1. The van der Waals surface area contributed by atoms with E-state index in [4.69, 9.17) is 11.6 Å². The van der Waals surface area contributed by atoms with Crippen LogP contribution < -0.4 is 0 Å². The van der Waals surface area contributed by atoms with Crippen LogP contribution in [0.5, 0.6) is 0 Å². The van der Waals surface area contributed by atoms with Crippen molar-refractivity contribution in [2.75, 3.05) is 0 Å². The molecule has 1 fully saturated rings. The predicted octanol–water partition coefficient (Wildman–Crippen LogP) is 4.15. The van der Waals surface area contributed by atoms with E-state index in [0.29, 0.717) is 0 Å². The number of hydrogen-bond donors (Lipinski definition) is 0. The Balaban J connectivity index is 2.19. The Morgan fingerprint density at radius 2 is 1.92 bits per heavy atom. The zero-order valence-electron chi connectivity index (χ0n) is 7.76. The number of benzene rings is 1. The molecule has 0 spiro atoms. The molecule has 68 valence electrons. The molecule has 0 nitrogen and oxygen atoms in total. The second kappa shape index (κ2) is 3.55. The van der Waals surface area contributed by atoms with Crippen LogP contribution in [0.2, 0.25) is 5.02 Å². The minimum atomic E-state index is 0.808. The number of rotatable bonds is 2. The van der Waals surface area contributed by atoms with Crippen molar-refractivity contribution in [3.8, 4) is 0 Å². The van der Waals surface area contributed by atoms with E-state index in [-0.39, 0.29) is 0 Å². The number of hydrogen-bond acceptors (Lipinski definition) is 0. The minimum absolute atomic E-state index is 0.808. The Kier molecular flexibility index (Phi) is 2.41.